The number of rotatable bonds is 7. The Hall–Kier alpha value is -0.990. The van der Waals surface area contributed by atoms with Crippen LogP contribution in [0.25, 0.3) is 0 Å². The highest BCUT2D eigenvalue weighted by atomic mass is 15.3. The highest BCUT2D eigenvalue weighted by molar-refractivity contribution is 5.31. The molecule has 3 nitrogen and oxygen atoms in total. The molecule has 1 heterocycles. The van der Waals surface area contributed by atoms with Crippen molar-refractivity contribution < 1.29 is 0 Å². The first kappa shape index (κ1) is 10.2. The molecule has 0 saturated heterocycles. The molecule has 0 aliphatic heterocycles. The normalized spacial score (nSPS) is 20.0. The van der Waals surface area contributed by atoms with Gasteiger partial charge in [0.25, 0.3) is 0 Å². The van der Waals surface area contributed by atoms with Crippen LogP contribution in [0.5, 0.6) is 0 Å². The van der Waals surface area contributed by atoms with Crippen molar-refractivity contribution in [2.45, 2.75) is 45.1 Å². The molecule has 1 aromatic heterocycles. The fraction of sp³-hybridized carbons (Fsp3) is 0.769. The highest BCUT2D eigenvalue weighted by Gasteiger charge is 2.22. The molecule has 3 rings (SSSR count). The van der Waals surface area contributed by atoms with E-state index in [2.05, 4.69) is 27.4 Å². The minimum Gasteiger partial charge on any atom is -0.369 e. The van der Waals surface area contributed by atoms with Gasteiger partial charge in [0, 0.05) is 25.4 Å². The second-order valence-corrected chi connectivity index (χ2v) is 5.38. The van der Waals surface area contributed by atoms with E-state index in [4.69, 9.17) is 0 Å². The average Bonchev–Trinajstić information content (AvgIpc) is 3.16. The van der Waals surface area contributed by atoms with Gasteiger partial charge in [0.2, 0.25) is 0 Å². The van der Waals surface area contributed by atoms with E-state index in [0.717, 1.165) is 30.7 Å². The Labute approximate surface area is 97.2 Å². The second-order valence-electron chi connectivity index (χ2n) is 5.38. The van der Waals surface area contributed by atoms with Gasteiger partial charge in [0.05, 0.1) is 0 Å². The lowest BCUT2D eigenvalue weighted by molar-refractivity contribution is 0.564. The van der Waals surface area contributed by atoms with Gasteiger partial charge in [0.1, 0.15) is 5.82 Å². The van der Waals surface area contributed by atoms with Crippen molar-refractivity contribution in [2.75, 3.05) is 11.9 Å². The monoisotopic (exact) mass is 219 g/mol. The van der Waals surface area contributed by atoms with E-state index in [9.17, 15) is 0 Å². The maximum absolute atomic E-state index is 4.53. The van der Waals surface area contributed by atoms with Crippen molar-refractivity contribution in [2.24, 2.45) is 11.8 Å². The van der Waals surface area contributed by atoms with Crippen molar-refractivity contribution in [1.29, 1.82) is 0 Å². The third-order valence-corrected chi connectivity index (χ3v) is 3.58. The van der Waals surface area contributed by atoms with E-state index in [1.54, 1.807) is 0 Å². The van der Waals surface area contributed by atoms with Gasteiger partial charge in [-0.3, -0.25) is 4.68 Å². The molecule has 2 aliphatic rings. The van der Waals surface area contributed by atoms with Gasteiger partial charge in [0.15, 0.2) is 0 Å². The van der Waals surface area contributed by atoms with Crippen LogP contribution in [0.4, 0.5) is 5.82 Å². The maximum Gasteiger partial charge on any atom is 0.147 e. The molecule has 0 unspecified atom stereocenters. The lowest BCUT2D eigenvalue weighted by Gasteiger charge is -2.02. The molecule has 16 heavy (non-hydrogen) atoms. The molecule has 2 saturated carbocycles. The van der Waals surface area contributed by atoms with Gasteiger partial charge >= 0.3 is 0 Å². The first-order chi connectivity index (χ1) is 7.90. The molecule has 2 aliphatic carbocycles. The van der Waals surface area contributed by atoms with E-state index in [0.29, 0.717) is 0 Å². The first-order valence-corrected chi connectivity index (χ1v) is 6.67. The van der Waals surface area contributed by atoms with Crippen molar-refractivity contribution in [3.8, 4) is 0 Å². The summed E-state index contributed by atoms with van der Waals surface area (Å²) in [5, 5.41) is 7.94. The van der Waals surface area contributed by atoms with Gasteiger partial charge in [-0.2, -0.15) is 5.10 Å². The van der Waals surface area contributed by atoms with E-state index in [1.807, 2.05) is 0 Å². The number of nitrogens with one attached hydrogen (secondary N) is 1. The number of nitrogens with zero attached hydrogens (tertiary/aromatic N) is 2. The van der Waals surface area contributed by atoms with Crippen LogP contribution < -0.4 is 5.32 Å². The summed E-state index contributed by atoms with van der Waals surface area (Å²) in [5.74, 6) is 3.01. The summed E-state index contributed by atoms with van der Waals surface area (Å²) in [6, 6.07) is 2.10. The van der Waals surface area contributed by atoms with E-state index in [1.165, 1.54) is 38.5 Å². The van der Waals surface area contributed by atoms with Crippen LogP contribution in [0.3, 0.4) is 0 Å². The van der Waals surface area contributed by atoms with Crippen molar-refractivity contribution in [1.82, 2.24) is 9.78 Å². The van der Waals surface area contributed by atoms with Gasteiger partial charge in [-0.1, -0.05) is 12.8 Å². The largest absolute Gasteiger partial charge is 0.369 e. The zero-order chi connectivity index (χ0) is 10.8. The molecule has 0 atom stereocenters. The quantitative estimate of drug-likeness (QED) is 0.715. The lowest BCUT2D eigenvalue weighted by atomic mass is 10.2. The summed E-state index contributed by atoms with van der Waals surface area (Å²) < 4.78 is 2.08. The zero-order valence-corrected chi connectivity index (χ0v) is 9.86. The maximum atomic E-state index is 4.53. The molecule has 3 heteroatoms. The first-order valence-electron chi connectivity index (χ1n) is 6.67. The van der Waals surface area contributed by atoms with Crippen molar-refractivity contribution >= 4 is 5.82 Å². The summed E-state index contributed by atoms with van der Waals surface area (Å²) in [7, 11) is 0. The molecular weight excluding hydrogens is 198 g/mol. The summed E-state index contributed by atoms with van der Waals surface area (Å²) >= 11 is 0. The van der Waals surface area contributed by atoms with Gasteiger partial charge in [-0.05, 0) is 37.5 Å². The molecule has 1 N–H and O–H groups in total. The zero-order valence-electron chi connectivity index (χ0n) is 9.86. The third-order valence-electron chi connectivity index (χ3n) is 3.58. The predicted octanol–water partition coefficient (Wildman–Crippen LogP) is 2.90. The van der Waals surface area contributed by atoms with E-state index < -0.39 is 0 Å². The number of hydrogen-bond acceptors (Lipinski definition) is 2. The van der Waals surface area contributed by atoms with Gasteiger partial charge in [-0.25, -0.2) is 0 Å². The molecule has 88 valence electrons. The Morgan fingerprint density at radius 1 is 1.25 bits per heavy atom. The van der Waals surface area contributed by atoms with E-state index >= 15 is 0 Å². The summed E-state index contributed by atoms with van der Waals surface area (Å²) in [4.78, 5) is 0. The highest BCUT2D eigenvalue weighted by Crippen LogP contribution is 2.33. The molecule has 1 aromatic rings. The van der Waals surface area contributed by atoms with Crippen LogP contribution in [-0.4, -0.2) is 16.3 Å². The Bertz CT molecular complexity index is 337. The van der Waals surface area contributed by atoms with E-state index in [-0.39, 0.29) is 0 Å². The standard InChI is InChI=1S/C13H21N3/c1(2-11-3-4-11)8-14-13-7-9-16(15-13)10-12-5-6-12/h7,9,11-12H,1-6,8,10H2,(H,14,15). The summed E-state index contributed by atoms with van der Waals surface area (Å²) in [6.45, 7) is 2.20. The topological polar surface area (TPSA) is 29.9 Å². The molecule has 0 radical (unpaired) electrons. The number of aromatic nitrogens is 2. The Kier molecular flexibility index (Phi) is 2.85. The van der Waals surface area contributed by atoms with Crippen LogP contribution in [0.1, 0.15) is 38.5 Å². The molecule has 0 bridgehead atoms. The van der Waals surface area contributed by atoms with Crippen LogP contribution >= 0.6 is 0 Å². The van der Waals surface area contributed by atoms with Crippen LogP contribution in [0.15, 0.2) is 12.3 Å². The Morgan fingerprint density at radius 3 is 2.81 bits per heavy atom. The van der Waals surface area contributed by atoms with Gasteiger partial charge < -0.3 is 5.32 Å². The fourth-order valence-corrected chi connectivity index (χ4v) is 2.14. The van der Waals surface area contributed by atoms with Crippen LogP contribution in [-0.2, 0) is 6.54 Å². The smallest absolute Gasteiger partial charge is 0.147 e. The SMILES string of the molecule is c1cn(CC2CC2)nc1NCCCC1CC1. The predicted molar refractivity (Wildman–Crippen MR) is 65.4 cm³/mol. The molecule has 2 fully saturated rings. The van der Waals surface area contributed by atoms with Crippen molar-refractivity contribution in [3.63, 3.8) is 0 Å². The van der Waals surface area contributed by atoms with Crippen molar-refractivity contribution in [3.05, 3.63) is 12.3 Å². The number of anilines is 1. The van der Waals surface area contributed by atoms with Crippen LogP contribution in [0.2, 0.25) is 0 Å². The molecule has 0 amide bonds. The average molecular weight is 219 g/mol. The summed E-state index contributed by atoms with van der Waals surface area (Å²) in [5.41, 5.74) is 0. The second kappa shape index (κ2) is 4.48. The summed E-state index contributed by atoms with van der Waals surface area (Å²) in [6.07, 6.45) is 10.5. The molecule has 0 spiro atoms. The Morgan fingerprint density at radius 2 is 2.06 bits per heavy atom. The third kappa shape index (κ3) is 3.00. The molecule has 0 aromatic carbocycles. The minimum absolute atomic E-state index is 0.905. The number of hydrogen-bond donors (Lipinski definition) is 1. The lowest BCUT2D eigenvalue weighted by Crippen LogP contribution is -2.05. The van der Waals surface area contributed by atoms with Crippen LogP contribution in [0, 0.1) is 11.8 Å². The fourth-order valence-electron chi connectivity index (χ4n) is 2.14. The molecular formula is C13H21N3. The van der Waals surface area contributed by atoms with Gasteiger partial charge in [-0.15, -0.1) is 0 Å². The Balaban J connectivity index is 1.37. The minimum atomic E-state index is 0.905.